The smallest absolute Gasteiger partial charge is 0.238 e. The molecule has 0 spiro atoms. The van der Waals surface area contributed by atoms with E-state index in [9.17, 15) is 4.79 Å². The van der Waals surface area contributed by atoms with Crippen molar-refractivity contribution in [3.8, 4) is 5.75 Å². The summed E-state index contributed by atoms with van der Waals surface area (Å²) in [6, 6.07) is 7.38. The van der Waals surface area contributed by atoms with Crippen molar-refractivity contribution in [1.29, 1.82) is 0 Å². The number of hydrogen-bond donors (Lipinski definition) is 2. The van der Waals surface area contributed by atoms with Crippen LogP contribution in [-0.2, 0) is 9.53 Å². The van der Waals surface area contributed by atoms with Crippen LogP contribution in [0.15, 0.2) is 24.3 Å². The van der Waals surface area contributed by atoms with E-state index < -0.39 is 0 Å². The molecule has 0 saturated heterocycles. The second kappa shape index (κ2) is 8.50. The molecule has 0 aliphatic carbocycles. The van der Waals surface area contributed by atoms with Crippen LogP contribution in [0.5, 0.6) is 5.75 Å². The predicted molar refractivity (Wildman–Crippen MR) is 75.6 cm³/mol. The quantitative estimate of drug-likeness (QED) is 0.751. The highest BCUT2D eigenvalue weighted by Crippen LogP contribution is 2.14. The molecule has 1 rings (SSSR count). The Labute approximate surface area is 114 Å². The average molecular weight is 266 g/mol. The molecule has 1 amide bonds. The van der Waals surface area contributed by atoms with E-state index in [1.165, 1.54) is 0 Å². The third-order valence-electron chi connectivity index (χ3n) is 2.56. The summed E-state index contributed by atoms with van der Waals surface area (Å²) in [5.41, 5.74) is 0.755. The zero-order chi connectivity index (χ0) is 14.1. The number of nitrogens with one attached hydrogen (secondary N) is 2. The fraction of sp³-hybridized carbons (Fsp3) is 0.500. The molecule has 0 aliphatic rings. The van der Waals surface area contributed by atoms with Gasteiger partial charge < -0.3 is 20.1 Å². The van der Waals surface area contributed by atoms with Gasteiger partial charge in [0.15, 0.2) is 0 Å². The van der Waals surface area contributed by atoms with E-state index in [1.807, 2.05) is 13.8 Å². The minimum atomic E-state index is -0.0754. The Morgan fingerprint density at radius 3 is 2.58 bits per heavy atom. The van der Waals surface area contributed by atoms with Crippen molar-refractivity contribution in [2.24, 2.45) is 0 Å². The summed E-state index contributed by atoms with van der Waals surface area (Å²) in [4.78, 5) is 11.7. The van der Waals surface area contributed by atoms with Gasteiger partial charge >= 0.3 is 0 Å². The van der Waals surface area contributed by atoms with Crippen LogP contribution in [0.2, 0.25) is 0 Å². The van der Waals surface area contributed by atoms with Crippen LogP contribution in [0.4, 0.5) is 5.69 Å². The van der Waals surface area contributed by atoms with E-state index in [4.69, 9.17) is 9.47 Å². The van der Waals surface area contributed by atoms with Gasteiger partial charge in [-0.3, -0.25) is 4.79 Å². The highest BCUT2D eigenvalue weighted by molar-refractivity contribution is 5.92. The molecule has 0 aliphatic heterocycles. The predicted octanol–water partition coefficient (Wildman–Crippen LogP) is 1.65. The first-order valence-corrected chi connectivity index (χ1v) is 6.40. The fourth-order valence-electron chi connectivity index (χ4n) is 1.50. The van der Waals surface area contributed by atoms with Gasteiger partial charge in [0.2, 0.25) is 5.91 Å². The highest BCUT2D eigenvalue weighted by atomic mass is 16.5. The summed E-state index contributed by atoms with van der Waals surface area (Å²) in [6.45, 7) is 5.48. The normalized spacial score (nSPS) is 11.9. The molecular weight excluding hydrogens is 244 g/mol. The van der Waals surface area contributed by atoms with Crippen LogP contribution in [0.3, 0.4) is 0 Å². The van der Waals surface area contributed by atoms with Crippen molar-refractivity contribution in [2.45, 2.75) is 19.9 Å². The summed E-state index contributed by atoms with van der Waals surface area (Å²) >= 11 is 0. The van der Waals surface area contributed by atoms with E-state index in [1.54, 1.807) is 31.4 Å². The van der Waals surface area contributed by atoms with Crippen LogP contribution >= 0.6 is 0 Å². The Bertz CT molecular complexity index is 379. The number of methoxy groups -OCH3 is 1. The summed E-state index contributed by atoms with van der Waals surface area (Å²) in [5, 5.41) is 5.91. The van der Waals surface area contributed by atoms with Crippen molar-refractivity contribution in [3.05, 3.63) is 24.3 Å². The van der Waals surface area contributed by atoms with Crippen molar-refractivity contribution in [1.82, 2.24) is 5.32 Å². The lowest BCUT2D eigenvalue weighted by Gasteiger charge is -2.13. The molecule has 1 aromatic carbocycles. The molecule has 0 radical (unpaired) electrons. The van der Waals surface area contributed by atoms with Gasteiger partial charge in [-0.15, -0.1) is 0 Å². The second-order valence-corrected chi connectivity index (χ2v) is 4.22. The van der Waals surface area contributed by atoms with Crippen molar-refractivity contribution in [2.75, 3.05) is 32.2 Å². The largest absolute Gasteiger partial charge is 0.497 e. The number of anilines is 1. The number of carbonyl (C=O) groups excluding carboxylic acids is 1. The van der Waals surface area contributed by atoms with Gasteiger partial charge in [0, 0.05) is 18.3 Å². The Hall–Kier alpha value is -1.59. The molecule has 19 heavy (non-hydrogen) atoms. The minimum Gasteiger partial charge on any atom is -0.497 e. The van der Waals surface area contributed by atoms with Gasteiger partial charge in [-0.05, 0) is 38.1 Å². The molecule has 0 fully saturated rings. The summed E-state index contributed by atoms with van der Waals surface area (Å²) in [7, 11) is 1.61. The summed E-state index contributed by atoms with van der Waals surface area (Å²) < 4.78 is 10.3. The maximum absolute atomic E-state index is 11.7. The molecular formula is C14H22N2O3. The minimum absolute atomic E-state index is 0.0754. The van der Waals surface area contributed by atoms with Gasteiger partial charge in [0.05, 0.1) is 20.3 Å². The lowest BCUT2D eigenvalue weighted by Crippen LogP contribution is -2.37. The molecule has 0 heterocycles. The molecule has 5 nitrogen and oxygen atoms in total. The third kappa shape index (κ3) is 6.22. The van der Waals surface area contributed by atoms with Crippen LogP contribution < -0.4 is 15.4 Å². The number of benzene rings is 1. The van der Waals surface area contributed by atoms with E-state index in [-0.39, 0.29) is 18.5 Å². The third-order valence-corrected chi connectivity index (χ3v) is 2.56. The van der Waals surface area contributed by atoms with E-state index >= 15 is 0 Å². The lowest BCUT2D eigenvalue weighted by atomic mass is 10.3. The molecule has 0 saturated carbocycles. The van der Waals surface area contributed by atoms with E-state index in [0.29, 0.717) is 13.2 Å². The fourth-order valence-corrected chi connectivity index (χ4v) is 1.50. The molecule has 106 valence electrons. The zero-order valence-corrected chi connectivity index (χ0v) is 11.7. The Kier molecular flexibility index (Phi) is 6.92. The molecule has 1 atom stereocenters. The second-order valence-electron chi connectivity index (χ2n) is 4.22. The van der Waals surface area contributed by atoms with Crippen molar-refractivity contribution >= 4 is 11.6 Å². The maximum atomic E-state index is 11.7. The Balaban J connectivity index is 2.30. The van der Waals surface area contributed by atoms with Gasteiger partial charge in [-0.25, -0.2) is 0 Å². The molecule has 5 heteroatoms. The summed E-state index contributed by atoms with van der Waals surface area (Å²) in [6.07, 6.45) is 0. The number of carbonyl (C=O) groups is 1. The van der Waals surface area contributed by atoms with Crippen LogP contribution in [0, 0.1) is 0 Å². The molecule has 0 bridgehead atoms. The van der Waals surface area contributed by atoms with Gasteiger partial charge in [0.25, 0.3) is 0 Å². The maximum Gasteiger partial charge on any atom is 0.238 e. The first-order chi connectivity index (χ1) is 9.15. The standard InChI is InChI=1S/C14H22N2O3/c1-4-19-10-11(2)15-9-14(17)16-12-5-7-13(18-3)8-6-12/h5-8,11,15H,4,9-10H2,1-3H3,(H,16,17). The van der Waals surface area contributed by atoms with Crippen LogP contribution in [-0.4, -0.2) is 38.8 Å². The molecule has 2 N–H and O–H groups in total. The van der Waals surface area contributed by atoms with Crippen molar-refractivity contribution < 1.29 is 14.3 Å². The Morgan fingerprint density at radius 1 is 1.32 bits per heavy atom. The van der Waals surface area contributed by atoms with Gasteiger partial charge in [-0.1, -0.05) is 0 Å². The SMILES string of the molecule is CCOCC(C)NCC(=O)Nc1ccc(OC)cc1. The molecule has 1 unspecified atom stereocenters. The topological polar surface area (TPSA) is 59.6 Å². The molecule has 0 aromatic heterocycles. The average Bonchev–Trinajstić information content (AvgIpc) is 2.43. The first kappa shape index (κ1) is 15.5. The summed E-state index contributed by atoms with van der Waals surface area (Å²) in [5.74, 6) is 0.690. The van der Waals surface area contributed by atoms with Gasteiger partial charge in [0.1, 0.15) is 5.75 Å². The van der Waals surface area contributed by atoms with E-state index in [0.717, 1.165) is 11.4 Å². The monoisotopic (exact) mass is 266 g/mol. The zero-order valence-electron chi connectivity index (χ0n) is 11.7. The molecule has 1 aromatic rings. The number of rotatable bonds is 8. The van der Waals surface area contributed by atoms with Crippen LogP contribution in [0.1, 0.15) is 13.8 Å². The van der Waals surface area contributed by atoms with Gasteiger partial charge in [-0.2, -0.15) is 0 Å². The van der Waals surface area contributed by atoms with E-state index in [2.05, 4.69) is 10.6 Å². The highest BCUT2D eigenvalue weighted by Gasteiger charge is 2.06. The number of hydrogen-bond acceptors (Lipinski definition) is 4. The first-order valence-electron chi connectivity index (χ1n) is 6.40. The number of ether oxygens (including phenoxy) is 2. The lowest BCUT2D eigenvalue weighted by molar-refractivity contribution is -0.115. The van der Waals surface area contributed by atoms with Crippen molar-refractivity contribution in [3.63, 3.8) is 0 Å². The van der Waals surface area contributed by atoms with Crippen LogP contribution in [0.25, 0.3) is 0 Å². The Morgan fingerprint density at radius 2 is 2.00 bits per heavy atom. The number of amides is 1.